The smallest absolute Gasteiger partial charge is 0.190 e. The van der Waals surface area contributed by atoms with Crippen molar-refractivity contribution in [2.75, 3.05) is 0 Å². The van der Waals surface area contributed by atoms with E-state index in [4.69, 9.17) is 0 Å². The lowest BCUT2D eigenvalue weighted by Gasteiger charge is -2.29. The molecule has 0 spiro atoms. The highest BCUT2D eigenvalue weighted by molar-refractivity contribution is 6.25. The molecule has 0 saturated carbocycles. The van der Waals surface area contributed by atoms with Crippen LogP contribution in [0.1, 0.15) is 43.5 Å². The molecule has 0 saturated heterocycles. The van der Waals surface area contributed by atoms with Gasteiger partial charge in [0, 0.05) is 23.1 Å². The van der Waals surface area contributed by atoms with E-state index in [0.717, 1.165) is 17.7 Å². The van der Waals surface area contributed by atoms with E-state index < -0.39 is 29.2 Å². The molecule has 25 heavy (non-hydrogen) atoms. The molecule has 6 heteroatoms. The van der Waals surface area contributed by atoms with Gasteiger partial charge in [0.25, 0.3) is 0 Å². The maximum atomic E-state index is 12.2. The lowest BCUT2D eigenvalue weighted by atomic mass is 9.77. The summed E-state index contributed by atoms with van der Waals surface area (Å²) in [6, 6.07) is 3.13. The molecular formula is C19H14O6. The summed E-state index contributed by atoms with van der Waals surface area (Å²) in [5.74, 6) is -2.31. The number of benzene rings is 2. The Kier molecular flexibility index (Phi) is 3.04. The quantitative estimate of drug-likeness (QED) is 0.548. The fourth-order valence-electron chi connectivity index (χ4n) is 3.67. The van der Waals surface area contributed by atoms with Crippen LogP contribution in [-0.2, 0) is 6.42 Å². The van der Waals surface area contributed by atoms with Gasteiger partial charge in [-0.25, -0.2) is 0 Å². The van der Waals surface area contributed by atoms with Gasteiger partial charge in [-0.1, -0.05) is 6.07 Å². The van der Waals surface area contributed by atoms with Gasteiger partial charge in [-0.2, -0.15) is 0 Å². The van der Waals surface area contributed by atoms with Crippen LogP contribution >= 0.6 is 0 Å². The molecule has 2 aromatic carbocycles. The Bertz CT molecular complexity index is 1020. The first-order valence-corrected chi connectivity index (χ1v) is 7.70. The standard InChI is InChI=1S/C19H14O6/c1-7-4-8-12(22)6-9-15(14(8)13(23)5-7)19(25)17-11(21)3-2-10(20)16(17)18(9)24/h2-5,12,22-25H,6H2,1H3/t12-/m0/s1. The monoisotopic (exact) mass is 338 g/mol. The zero-order valence-electron chi connectivity index (χ0n) is 13.2. The van der Waals surface area contributed by atoms with Gasteiger partial charge in [-0.15, -0.1) is 0 Å². The third-order valence-electron chi connectivity index (χ3n) is 4.73. The van der Waals surface area contributed by atoms with Crippen LogP contribution in [0.25, 0.3) is 11.1 Å². The summed E-state index contributed by atoms with van der Waals surface area (Å²) in [7, 11) is 0. The summed E-state index contributed by atoms with van der Waals surface area (Å²) in [5.41, 5.74) is 0.915. The van der Waals surface area contributed by atoms with Gasteiger partial charge in [0.15, 0.2) is 11.6 Å². The fourth-order valence-corrected chi connectivity index (χ4v) is 3.67. The van der Waals surface area contributed by atoms with Crippen LogP contribution in [0.4, 0.5) is 0 Å². The minimum atomic E-state index is -1.03. The molecule has 0 unspecified atom stereocenters. The first kappa shape index (κ1) is 15.4. The van der Waals surface area contributed by atoms with Crippen molar-refractivity contribution in [1.82, 2.24) is 0 Å². The van der Waals surface area contributed by atoms with E-state index in [9.17, 15) is 30.0 Å². The number of aliphatic hydroxyl groups excluding tert-OH is 1. The average Bonchev–Trinajstić information content (AvgIpc) is 2.55. The van der Waals surface area contributed by atoms with Gasteiger partial charge in [-0.3, -0.25) is 9.59 Å². The third-order valence-corrected chi connectivity index (χ3v) is 4.73. The van der Waals surface area contributed by atoms with Crippen LogP contribution in [0.15, 0.2) is 24.3 Å². The number of ketones is 2. The third kappa shape index (κ3) is 1.94. The van der Waals surface area contributed by atoms with Crippen LogP contribution in [-0.4, -0.2) is 32.0 Å². The lowest BCUT2D eigenvalue weighted by Crippen LogP contribution is -2.18. The lowest BCUT2D eigenvalue weighted by molar-refractivity contribution is 0.0988. The normalized spacial score (nSPS) is 17.9. The van der Waals surface area contributed by atoms with Crippen molar-refractivity contribution in [2.24, 2.45) is 0 Å². The summed E-state index contributed by atoms with van der Waals surface area (Å²) in [6.45, 7) is 1.75. The number of carbonyl (C=O) groups excluding carboxylic acids is 2. The average molecular weight is 338 g/mol. The first-order valence-electron chi connectivity index (χ1n) is 7.70. The Balaban J connectivity index is 2.17. The fraction of sp³-hybridized carbons (Fsp3) is 0.158. The van der Waals surface area contributed by atoms with E-state index in [0.29, 0.717) is 5.56 Å². The zero-order chi connectivity index (χ0) is 18.0. The maximum Gasteiger partial charge on any atom is 0.190 e. The van der Waals surface area contributed by atoms with Crippen molar-refractivity contribution in [3.8, 4) is 28.4 Å². The van der Waals surface area contributed by atoms with Gasteiger partial charge in [0.2, 0.25) is 0 Å². The molecule has 0 amide bonds. The number of phenols is 3. The number of aryl methyl sites for hydroxylation is 1. The highest BCUT2D eigenvalue weighted by Crippen LogP contribution is 2.53. The Morgan fingerprint density at radius 3 is 2.12 bits per heavy atom. The number of allylic oxidation sites excluding steroid dienone is 2. The number of hydrogen-bond donors (Lipinski definition) is 4. The number of aromatic hydroxyl groups is 3. The SMILES string of the molecule is Cc1cc(O)c2c(c1)[C@@H](O)Cc1c(O)c3c(c(O)c1-2)C(=O)C=CC3=O. The number of fused-ring (bicyclic) bond motifs is 4. The molecular weight excluding hydrogens is 324 g/mol. The topological polar surface area (TPSA) is 115 Å². The van der Waals surface area contributed by atoms with Gasteiger partial charge >= 0.3 is 0 Å². The van der Waals surface area contributed by atoms with E-state index in [1.54, 1.807) is 13.0 Å². The largest absolute Gasteiger partial charge is 0.507 e. The molecule has 4 rings (SSSR count). The van der Waals surface area contributed by atoms with Gasteiger partial charge in [0.1, 0.15) is 17.2 Å². The highest BCUT2D eigenvalue weighted by Gasteiger charge is 2.37. The van der Waals surface area contributed by atoms with Crippen LogP contribution < -0.4 is 0 Å². The molecule has 0 fully saturated rings. The molecule has 0 aliphatic heterocycles. The predicted octanol–water partition coefficient (Wildman–Crippen LogP) is 2.30. The molecule has 2 aliphatic carbocycles. The predicted molar refractivity (Wildman–Crippen MR) is 88.1 cm³/mol. The molecule has 0 radical (unpaired) electrons. The number of phenolic OH excluding ortho intramolecular Hbond substituents is 3. The second-order valence-electron chi connectivity index (χ2n) is 6.33. The van der Waals surface area contributed by atoms with Gasteiger partial charge in [-0.05, 0) is 36.3 Å². The molecule has 0 heterocycles. The molecule has 0 bridgehead atoms. The van der Waals surface area contributed by atoms with Crippen LogP contribution in [0, 0.1) is 6.92 Å². The molecule has 2 aromatic rings. The van der Waals surface area contributed by atoms with Crippen molar-refractivity contribution in [1.29, 1.82) is 0 Å². The minimum Gasteiger partial charge on any atom is -0.507 e. The summed E-state index contributed by atoms with van der Waals surface area (Å²) >= 11 is 0. The van der Waals surface area contributed by atoms with E-state index in [1.807, 2.05) is 0 Å². The second-order valence-corrected chi connectivity index (χ2v) is 6.33. The van der Waals surface area contributed by atoms with Crippen LogP contribution in [0.3, 0.4) is 0 Å². The number of rotatable bonds is 0. The molecule has 2 aliphatic rings. The van der Waals surface area contributed by atoms with Gasteiger partial charge < -0.3 is 20.4 Å². The molecule has 0 aromatic heterocycles. The summed E-state index contributed by atoms with van der Waals surface area (Å²) in [4.78, 5) is 24.3. The molecule has 1 atom stereocenters. The summed E-state index contributed by atoms with van der Waals surface area (Å²) in [5, 5.41) is 42.1. The Morgan fingerprint density at radius 2 is 1.48 bits per heavy atom. The Morgan fingerprint density at radius 1 is 0.880 bits per heavy atom. The molecule has 126 valence electrons. The highest BCUT2D eigenvalue weighted by atomic mass is 16.3. The summed E-state index contributed by atoms with van der Waals surface area (Å²) < 4.78 is 0. The number of aliphatic hydroxyl groups is 1. The maximum absolute atomic E-state index is 12.2. The summed E-state index contributed by atoms with van der Waals surface area (Å²) in [6.07, 6.45) is 0.985. The van der Waals surface area contributed by atoms with Crippen molar-refractivity contribution in [3.05, 3.63) is 52.1 Å². The molecule has 6 nitrogen and oxygen atoms in total. The Hall–Kier alpha value is -3.12. The Labute approximate surface area is 142 Å². The van der Waals surface area contributed by atoms with E-state index in [-0.39, 0.29) is 40.0 Å². The van der Waals surface area contributed by atoms with E-state index >= 15 is 0 Å². The zero-order valence-corrected chi connectivity index (χ0v) is 13.2. The number of carbonyl (C=O) groups is 2. The van der Waals surface area contributed by atoms with Crippen molar-refractivity contribution < 1.29 is 30.0 Å². The van der Waals surface area contributed by atoms with Crippen molar-refractivity contribution in [3.63, 3.8) is 0 Å². The molecule has 4 N–H and O–H groups in total. The van der Waals surface area contributed by atoms with E-state index in [2.05, 4.69) is 0 Å². The van der Waals surface area contributed by atoms with Crippen molar-refractivity contribution >= 4 is 11.6 Å². The van der Waals surface area contributed by atoms with Gasteiger partial charge in [0.05, 0.1) is 17.2 Å². The second kappa shape index (κ2) is 4.94. The van der Waals surface area contributed by atoms with Crippen LogP contribution in [0.2, 0.25) is 0 Å². The first-order chi connectivity index (χ1) is 11.8. The van der Waals surface area contributed by atoms with E-state index in [1.165, 1.54) is 6.07 Å². The van der Waals surface area contributed by atoms with Crippen molar-refractivity contribution in [2.45, 2.75) is 19.4 Å². The number of hydrogen-bond acceptors (Lipinski definition) is 6. The van der Waals surface area contributed by atoms with Crippen LogP contribution in [0.5, 0.6) is 17.2 Å². The minimum absolute atomic E-state index is 0.0525.